The largest absolute Gasteiger partial charge is 0.317 e. The van der Waals surface area contributed by atoms with Gasteiger partial charge >= 0.3 is 0 Å². The van der Waals surface area contributed by atoms with E-state index in [1.165, 1.54) is 39.3 Å². The van der Waals surface area contributed by atoms with Gasteiger partial charge in [0.15, 0.2) is 0 Å². The molecule has 0 amide bonds. The van der Waals surface area contributed by atoms with E-state index in [1.807, 2.05) is 0 Å². The van der Waals surface area contributed by atoms with Gasteiger partial charge in [-0.05, 0) is 48.0 Å². The Balaban J connectivity index is 1.86. The van der Waals surface area contributed by atoms with Crippen LogP contribution in [0.15, 0.2) is 99.6 Å². The topological polar surface area (TPSA) is 98.4 Å². The zero-order valence-corrected chi connectivity index (χ0v) is 18.0. The molecule has 0 saturated carbocycles. The molecule has 5 rings (SSSR count). The minimum absolute atomic E-state index is 0.0539. The van der Waals surface area contributed by atoms with Crippen LogP contribution < -0.4 is 15.9 Å². The summed E-state index contributed by atoms with van der Waals surface area (Å²) in [6, 6.07) is 20.0. The second kappa shape index (κ2) is 7.79. The summed E-state index contributed by atoms with van der Waals surface area (Å²) in [6.07, 6.45) is 1.57. The highest BCUT2D eigenvalue weighted by Crippen LogP contribution is 2.26. The maximum atomic E-state index is 13.5. The first-order valence-electron chi connectivity index (χ1n) is 10.0. The zero-order chi connectivity index (χ0) is 23.2. The minimum Gasteiger partial charge on any atom is -0.317 e. The van der Waals surface area contributed by atoms with Crippen molar-refractivity contribution in [3.8, 4) is 0 Å². The van der Waals surface area contributed by atoms with Crippen molar-refractivity contribution in [2.75, 3.05) is 5.73 Å². The van der Waals surface area contributed by atoms with E-state index in [0.29, 0.717) is 11.2 Å². The average molecular weight is 461 g/mol. The van der Waals surface area contributed by atoms with Crippen LogP contribution in [-0.2, 0) is 16.4 Å². The monoisotopic (exact) mass is 461 g/mol. The van der Waals surface area contributed by atoms with E-state index in [9.17, 15) is 17.6 Å². The summed E-state index contributed by atoms with van der Waals surface area (Å²) in [6.45, 7) is 0.0935. The molecule has 0 aliphatic rings. The van der Waals surface area contributed by atoms with Crippen LogP contribution in [0.5, 0.6) is 0 Å². The summed E-state index contributed by atoms with van der Waals surface area (Å²) in [7, 11) is -4.03. The molecule has 7 nitrogen and oxygen atoms in total. The van der Waals surface area contributed by atoms with Crippen molar-refractivity contribution in [1.82, 2.24) is 9.38 Å². The molecule has 2 N–H and O–H groups in total. The Morgan fingerprint density at radius 2 is 1.67 bits per heavy atom. The molecule has 0 atom stereocenters. The van der Waals surface area contributed by atoms with E-state index in [1.54, 1.807) is 54.7 Å². The Morgan fingerprint density at radius 1 is 0.970 bits per heavy atom. The normalized spacial score (nSPS) is 11.8. The zero-order valence-electron chi connectivity index (χ0n) is 17.2. The third-order valence-electron chi connectivity index (χ3n) is 5.42. The fourth-order valence-corrected chi connectivity index (χ4v) is 5.18. The molecule has 5 aromatic rings. The number of nitrogen functional groups attached to an aromatic ring is 1. The molecule has 9 heteroatoms. The van der Waals surface area contributed by atoms with E-state index < -0.39 is 21.2 Å². The van der Waals surface area contributed by atoms with Gasteiger partial charge in [0.2, 0.25) is 21.3 Å². The highest BCUT2D eigenvalue weighted by molar-refractivity contribution is 7.91. The Morgan fingerprint density at radius 3 is 2.39 bits per heavy atom. The molecule has 0 bridgehead atoms. The number of anilines is 1. The van der Waals surface area contributed by atoms with Crippen LogP contribution in [0.1, 0.15) is 5.56 Å². The number of nitrogens with two attached hydrogens (primary N) is 1. The lowest BCUT2D eigenvalue weighted by Crippen LogP contribution is -2.42. The highest BCUT2D eigenvalue weighted by Gasteiger charge is 2.29. The van der Waals surface area contributed by atoms with E-state index >= 15 is 0 Å². The van der Waals surface area contributed by atoms with E-state index in [-0.39, 0.29) is 33.2 Å². The third-order valence-corrected chi connectivity index (χ3v) is 7.22. The number of aromatic nitrogens is 3. The van der Waals surface area contributed by atoms with Crippen LogP contribution in [0.3, 0.4) is 0 Å². The number of rotatable bonds is 4. The fourth-order valence-electron chi connectivity index (χ4n) is 3.75. The molecule has 164 valence electrons. The molecule has 3 heterocycles. The number of fused-ring (bicyclic) bond motifs is 2. The Kier molecular flexibility index (Phi) is 4.90. The van der Waals surface area contributed by atoms with Crippen LogP contribution in [0.25, 0.3) is 16.7 Å². The van der Waals surface area contributed by atoms with Crippen LogP contribution in [0.4, 0.5) is 10.2 Å². The van der Waals surface area contributed by atoms with Crippen molar-refractivity contribution in [1.29, 1.82) is 0 Å². The molecule has 0 fully saturated rings. The van der Waals surface area contributed by atoms with Crippen molar-refractivity contribution in [2.45, 2.75) is 16.3 Å². The van der Waals surface area contributed by atoms with Gasteiger partial charge in [0.25, 0.3) is 11.2 Å². The lowest BCUT2D eigenvalue weighted by Gasteiger charge is -2.13. The number of benzene rings is 2. The molecule has 33 heavy (non-hydrogen) atoms. The number of nitrogens with zero attached hydrogens (tertiary/aromatic N) is 3. The molecule has 0 radical (unpaired) electrons. The van der Waals surface area contributed by atoms with Gasteiger partial charge in [-0.2, -0.15) is 0 Å². The molecule has 3 aromatic heterocycles. The van der Waals surface area contributed by atoms with Gasteiger partial charge < -0.3 is 5.73 Å². The standard InChI is InChI=1S/C24H17FN4O3S/c25-17-11-9-16(10-12-17)15-29-22(26)20(33(31,32)18-6-2-1-3-7-18)14-19-23(29)27-21-8-4-5-13-28(21)24(19)30/h1-14,26H,15H2/p+1. The first kappa shape index (κ1) is 20.8. The number of halogens is 1. The predicted octanol–water partition coefficient (Wildman–Crippen LogP) is 2.74. The molecule has 0 aliphatic carbocycles. The van der Waals surface area contributed by atoms with Crippen molar-refractivity contribution in [3.63, 3.8) is 0 Å². The molecule has 0 unspecified atom stereocenters. The maximum absolute atomic E-state index is 13.5. The summed E-state index contributed by atoms with van der Waals surface area (Å²) < 4.78 is 43.2. The van der Waals surface area contributed by atoms with E-state index in [0.717, 1.165) is 0 Å². The average Bonchev–Trinajstić information content (AvgIpc) is 2.83. The molecule has 2 aromatic carbocycles. The molecular weight excluding hydrogens is 443 g/mol. The first-order chi connectivity index (χ1) is 15.9. The van der Waals surface area contributed by atoms with Crippen molar-refractivity contribution >= 4 is 32.3 Å². The summed E-state index contributed by atoms with van der Waals surface area (Å²) >= 11 is 0. The second-order valence-electron chi connectivity index (χ2n) is 7.51. The van der Waals surface area contributed by atoms with Gasteiger partial charge in [0, 0.05) is 6.20 Å². The number of sulfone groups is 1. The van der Waals surface area contributed by atoms with Gasteiger partial charge in [-0.1, -0.05) is 41.4 Å². The SMILES string of the molecule is Nc1c(S(=O)(=O)c2ccccc2)cc2c(=O)n3ccccc3nc2[n+]1Cc1ccc(F)cc1. The van der Waals surface area contributed by atoms with E-state index in [4.69, 9.17) is 5.73 Å². The second-order valence-corrected chi connectivity index (χ2v) is 9.42. The van der Waals surface area contributed by atoms with Crippen LogP contribution in [-0.4, -0.2) is 17.8 Å². The summed E-state index contributed by atoms with van der Waals surface area (Å²) in [5.41, 5.74) is 7.27. The maximum Gasteiger partial charge on any atom is 0.278 e. The van der Waals surface area contributed by atoms with Gasteiger partial charge in [-0.15, -0.1) is 0 Å². The number of hydrogen-bond acceptors (Lipinski definition) is 5. The van der Waals surface area contributed by atoms with Crippen LogP contribution >= 0.6 is 0 Å². The van der Waals surface area contributed by atoms with Crippen LogP contribution in [0, 0.1) is 5.82 Å². The number of pyridine rings is 2. The van der Waals surface area contributed by atoms with Gasteiger partial charge in [0.05, 0.1) is 11.4 Å². The lowest BCUT2D eigenvalue weighted by atomic mass is 10.2. The van der Waals surface area contributed by atoms with Crippen LogP contribution in [0.2, 0.25) is 0 Å². The molecule has 0 spiro atoms. The van der Waals surface area contributed by atoms with Gasteiger partial charge in [-0.3, -0.25) is 9.20 Å². The van der Waals surface area contributed by atoms with Crippen molar-refractivity contribution in [2.24, 2.45) is 0 Å². The first-order valence-corrected chi connectivity index (χ1v) is 11.5. The Labute approximate surface area is 188 Å². The number of hydrogen-bond donors (Lipinski definition) is 1. The summed E-state index contributed by atoms with van der Waals surface area (Å²) in [5.74, 6) is -0.466. The molecular formula is C24H18FN4O3S+. The fraction of sp³-hybridized carbons (Fsp3) is 0.0417. The summed E-state index contributed by atoms with van der Waals surface area (Å²) in [4.78, 5) is 17.7. The minimum atomic E-state index is -4.03. The quantitative estimate of drug-likeness (QED) is 0.328. The molecule has 0 aliphatic heterocycles. The predicted molar refractivity (Wildman–Crippen MR) is 121 cm³/mol. The third kappa shape index (κ3) is 3.52. The van der Waals surface area contributed by atoms with Gasteiger partial charge in [0.1, 0.15) is 16.1 Å². The van der Waals surface area contributed by atoms with Gasteiger partial charge in [-0.25, -0.2) is 17.4 Å². The van der Waals surface area contributed by atoms with E-state index in [2.05, 4.69) is 4.98 Å². The Hall–Kier alpha value is -4.11. The van der Waals surface area contributed by atoms with Crippen molar-refractivity contribution in [3.05, 3.63) is 107 Å². The van der Waals surface area contributed by atoms with Crippen molar-refractivity contribution < 1.29 is 17.4 Å². The summed E-state index contributed by atoms with van der Waals surface area (Å²) in [5, 5.41) is 0.101. The highest BCUT2D eigenvalue weighted by atomic mass is 32.2. The lowest BCUT2D eigenvalue weighted by molar-refractivity contribution is -0.651. The Bertz CT molecular complexity index is 1680. The molecule has 0 saturated heterocycles. The smallest absolute Gasteiger partial charge is 0.278 e.